The van der Waals surface area contributed by atoms with Gasteiger partial charge >= 0.3 is 5.97 Å². The first-order valence-corrected chi connectivity index (χ1v) is 5.36. The van der Waals surface area contributed by atoms with Crippen LogP contribution in [0.15, 0.2) is 0 Å². The number of carbonyl (C=O) groups excluding carboxylic acids is 1. The second-order valence-corrected chi connectivity index (χ2v) is 4.11. The van der Waals surface area contributed by atoms with E-state index >= 15 is 0 Å². The molecule has 3 nitrogen and oxygen atoms in total. The summed E-state index contributed by atoms with van der Waals surface area (Å²) in [6, 6.07) is 0. The quantitative estimate of drug-likeness (QED) is 0.490. The molecule has 0 spiro atoms. The van der Waals surface area contributed by atoms with E-state index in [0.717, 1.165) is 19.3 Å². The largest absolute Gasteiger partial charge is 0.345 e. The fraction of sp³-hybridized carbons (Fsp3) is 0.909. The Kier molecular flexibility index (Phi) is 5.77. The minimum atomic E-state index is -0.387. The SMILES string of the molecule is CCC(CC)C(=O)OOC(C)(C)CC. The summed E-state index contributed by atoms with van der Waals surface area (Å²) in [5, 5.41) is 0. The van der Waals surface area contributed by atoms with E-state index in [9.17, 15) is 4.79 Å². The van der Waals surface area contributed by atoms with Crippen molar-refractivity contribution in [2.75, 3.05) is 0 Å². The lowest BCUT2D eigenvalue weighted by Gasteiger charge is -2.21. The van der Waals surface area contributed by atoms with E-state index in [0.29, 0.717) is 0 Å². The fourth-order valence-electron chi connectivity index (χ4n) is 0.903. The van der Waals surface area contributed by atoms with Crippen molar-refractivity contribution in [1.29, 1.82) is 0 Å². The van der Waals surface area contributed by atoms with Crippen molar-refractivity contribution in [1.82, 2.24) is 0 Å². The van der Waals surface area contributed by atoms with Gasteiger partial charge in [-0.3, -0.25) is 4.89 Å². The molecule has 14 heavy (non-hydrogen) atoms. The monoisotopic (exact) mass is 202 g/mol. The molecule has 0 aliphatic carbocycles. The van der Waals surface area contributed by atoms with E-state index < -0.39 is 0 Å². The average Bonchev–Trinajstić information content (AvgIpc) is 2.17. The molecular formula is C11H22O3. The van der Waals surface area contributed by atoms with E-state index in [1.165, 1.54) is 0 Å². The predicted octanol–water partition coefficient (Wildman–Crippen LogP) is 3.09. The maximum absolute atomic E-state index is 11.4. The van der Waals surface area contributed by atoms with Gasteiger partial charge in [-0.05, 0) is 33.1 Å². The van der Waals surface area contributed by atoms with Crippen LogP contribution in [0.5, 0.6) is 0 Å². The van der Waals surface area contributed by atoms with Gasteiger partial charge in [-0.1, -0.05) is 20.8 Å². The summed E-state index contributed by atoms with van der Waals surface area (Å²) < 4.78 is 0. The molecule has 0 saturated heterocycles. The van der Waals surface area contributed by atoms with Crippen LogP contribution in [-0.2, 0) is 14.6 Å². The number of hydrogen-bond acceptors (Lipinski definition) is 3. The highest BCUT2D eigenvalue weighted by Gasteiger charge is 2.22. The lowest BCUT2D eigenvalue weighted by Crippen LogP contribution is -2.27. The zero-order valence-corrected chi connectivity index (χ0v) is 9.92. The zero-order valence-electron chi connectivity index (χ0n) is 9.92. The number of carbonyl (C=O) groups is 1. The minimum Gasteiger partial charge on any atom is -0.298 e. The Morgan fingerprint density at radius 3 is 2.07 bits per heavy atom. The van der Waals surface area contributed by atoms with Gasteiger partial charge in [0, 0.05) is 0 Å². The highest BCUT2D eigenvalue weighted by molar-refractivity contribution is 5.71. The lowest BCUT2D eigenvalue weighted by molar-refractivity contribution is -0.328. The molecule has 0 fully saturated rings. The Bertz CT molecular complexity index is 171. The molecule has 0 saturated carbocycles. The molecule has 0 aliphatic rings. The summed E-state index contributed by atoms with van der Waals surface area (Å²) >= 11 is 0. The van der Waals surface area contributed by atoms with Crippen LogP contribution in [0.4, 0.5) is 0 Å². The summed E-state index contributed by atoms with van der Waals surface area (Å²) in [6.07, 6.45) is 2.40. The Morgan fingerprint density at radius 2 is 1.71 bits per heavy atom. The van der Waals surface area contributed by atoms with Crippen molar-refractivity contribution in [2.45, 2.75) is 59.5 Å². The molecular weight excluding hydrogens is 180 g/mol. The number of hydrogen-bond donors (Lipinski definition) is 0. The van der Waals surface area contributed by atoms with E-state index in [1.54, 1.807) is 0 Å². The summed E-state index contributed by atoms with van der Waals surface area (Å²) in [5.41, 5.74) is -0.387. The van der Waals surface area contributed by atoms with Gasteiger partial charge in [0.15, 0.2) is 0 Å². The Balaban J connectivity index is 3.95. The van der Waals surface area contributed by atoms with Crippen LogP contribution < -0.4 is 0 Å². The molecule has 0 aliphatic heterocycles. The Hall–Kier alpha value is -0.570. The van der Waals surface area contributed by atoms with Gasteiger partial charge < -0.3 is 0 Å². The summed E-state index contributed by atoms with van der Waals surface area (Å²) in [5.74, 6) is -0.292. The molecule has 84 valence electrons. The molecule has 0 unspecified atom stereocenters. The maximum atomic E-state index is 11.4. The first-order valence-electron chi connectivity index (χ1n) is 5.36. The first kappa shape index (κ1) is 13.4. The maximum Gasteiger partial charge on any atom is 0.345 e. The second-order valence-electron chi connectivity index (χ2n) is 4.11. The average molecular weight is 202 g/mol. The summed E-state index contributed by atoms with van der Waals surface area (Å²) in [7, 11) is 0. The van der Waals surface area contributed by atoms with E-state index in [1.807, 2.05) is 34.6 Å². The molecule has 0 amide bonds. The van der Waals surface area contributed by atoms with E-state index in [-0.39, 0.29) is 17.5 Å². The molecule has 0 rings (SSSR count). The molecule has 0 N–H and O–H groups in total. The normalized spacial score (nSPS) is 11.9. The summed E-state index contributed by atoms with van der Waals surface area (Å²) in [4.78, 5) is 21.3. The van der Waals surface area contributed by atoms with Crippen molar-refractivity contribution >= 4 is 5.97 Å². The highest BCUT2D eigenvalue weighted by Crippen LogP contribution is 2.16. The fourth-order valence-corrected chi connectivity index (χ4v) is 0.903. The van der Waals surface area contributed by atoms with Crippen molar-refractivity contribution in [3.05, 3.63) is 0 Å². The summed E-state index contributed by atoms with van der Waals surface area (Å²) in [6.45, 7) is 9.73. The lowest BCUT2D eigenvalue weighted by atomic mass is 10.0. The van der Waals surface area contributed by atoms with Crippen LogP contribution >= 0.6 is 0 Å². The first-order chi connectivity index (χ1) is 6.46. The van der Waals surface area contributed by atoms with E-state index in [2.05, 4.69) is 0 Å². The topological polar surface area (TPSA) is 35.5 Å². The smallest absolute Gasteiger partial charge is 0.298 e. The molecule has 0 atom stereocenters. The van der Waals surface area contributed by atoms with Gasteiger partial charge in [-0.2, -0.15) is 4.89 Å². The van der Waals surface area contributed by atoms with Crippen LogP contribution in [0.3, 0.4) is 0 Å². The van der Waals surface area contributed by atoms with Crippen LogP contribution in [0.1, 0.15) is 53.9 Å². The van der Waals surface area contributed by atoms with Gasteiger partial charge in [0.25, 0.3) is 0 Å². The Labute approximate surface area is 86.7 Å². The highest BCUT2D eigenvalue weighted by atomic mass is 17.2. The Morgan fingerprint density at radius 1 is 1.21 bits per heavy atom. The van der Waals surface area contributed by atoms with Gasteiger partial charge in [-0.15, -0.1) is 0 Å². The molecule has 3 heteroatoms. The van der Waals surface area contributed by atoms with Crippen molar-refractivity contribution < 1.29 is 14.6 Å². The van der Waals surface area contributed by atoms with Gasteiger partial charge in [0.05, 0.1) is 5.92 Å². The molecule has 0 aromatic carbocycles. The van der Waals surface area contributed by atoms with Crippen LogP contribution in [0.2, 0.25) is 0 Å². The third kappa shape index (κ3) is 4.61. The third-order valence-corrected chi connectivity index (χ3v) is 2.52. The van der Waals surface area contributed by atoms with Gasteiger partial charge in [0.1, 0.15) is 5.60 Å². The van der Waals surface area contributed by atoms with Crippen LogP contribution in [-0.4, -0.2) is 11.6 Å². The molecule has 0 heterocycles. The standard InChI is InChI=1S/C11H22O3/c1-6-9(7-2)10(12)13-14-11(4,5)8-3/h9H,6-8H2,1-5H3. The van der Waals surface area contributed by atoms with E-state index in [4.69, 9.17) is 9.78 Å². The molecule has 0 aromatic rings. The predicted molar refractivity (Wildman–Crippen MR) is 55.6 cm³/mol. The van der Waals surface area contributed by atoms with Crippen LogP contribution in [0, 0.1) is 5.92 Å². The zero-order chi connectivity index (χ0) is 11.2. The molecule has 0 aromatic heterocycles. The molecule has 0 radical (unpaired) electrons. The van der Waals surface area contributed by atoms with Gasteiger partial charge in [0.2, 0.25) is 0 Å². The number of rotatable bonds is 6. The third-order valence-electron chi connectivity index (χ3n) is 2.52. The van der Waals surface area contributed by atoms with Crippen molar-refractivity contribution in [2.24, 2.45) is 5.92 Å². The van der Waals surface area contributed by atoms with Gasteiger partial charge in [-0.25, -0.2) is 4.79 Å². The molecule has 0 bridgehead atoms. The van der Waals surface area contributed by atoms with Crippen molar-refractivity contribution in [3.8, 4) is 0 Å². The van der Waals surface area contributed by atoms with Crippen LogP contribution in [0.25, 0.3) is 0 Å². The minimum absolute atomic E-state index is 0.0392. The second kappa shape index (κ2) is 6.02. The van der Waals surface area contributed by atoms with Crippen molar-refractivity contribution in [3.63, 3.8) is 0 Å².